The highest BCUT2D eigenvalue weighted by Gasteiger charge is 2.32. The van der Waals surface area contributed by atoms with Crippen LogP contribution in [0, 0.1) is 17.6 Å². The van der Waals surface area contributed by atoms with Gasteiger partial charge in [0.1, 0.15) is 17.7 Å². The molecule has 0 aliphatic heterocycles. The van der Waals surface area contributed by atoms with Crippen molar-refractivity contribution < 1.29 is 19.0 Å². The van der Waals surface area contributed by atoms with Crippen LogP contribution in [0.3, 0.4) is 0 Å². The van der Waals surface area contributed by atoms with Gasteiger partial charge >= 0.3 is 0 Å². The number of aliphatic hydroxyl groups is 2. The summed E-state index contributed by atoms with van der Waals surface area (Å²) in [6.45, 7) is 0. The summed E-state index contributed by atoms with van der Waals surface area (Å²) in [5, 5.41) is 20.2. The first-order valence-corrected chi connectivity index (χ1v) is 7.31. The maximum absolute atomic E-state index is 13.9. The number of halogens is 3. The Hall–Kier alpha value is -0.520. The Bertz CT molecular complexity index is 447. The molecule has 0 aromatic heterocycles. The fourth-order valence-corrected chi connectivity index (χ4v) is 3.06. The molecular weight excluding hydrogens is 318 g/mol. The molecule has 2 unspecified atom stereocenters. The van der Waals surface area contributed by atoms with Gasteiger partial charge in [0.2, 0.25) is 0 Å². The summed E-state index contributed by atoms with van der Waals surface area (Å²) in [5.41, 5.74) is -0.451. The number of hydrogen-bond donors (Lipinski definition) is 2. The molecule has 1 aromatic rings. The summed E-state index contributed by atoms with van der Waals surface area (Å²) >= 11 is 2.96. The lowest BCUT2D eigenvalue weighted by Crippen LogP contribution is -2.30. The van der Waals surface area contributed by atoms with E-state index in [2.05, 4.69) is 15.9 Å². The summed E-state index contributed by atoms with van der Waals surface area (Å²) in [6, 6.07) is 2.33. The largest absolute Gasteiger partial charge is 0.390 e. The quantitative estimate of drug-likeness (QED) is 0.827. The molecule has 0 heterocycles. The topological polar surface area (TPSA) is 40.5 Å². The minimum atomic E-state index is -1.53. The van der Waals surface area contributed by atoms with Gasteiger partial charge in [-0.1, -0.05) is 19.3 Å². The van der Waals surface area contributed by atoms with Crippen LogP contribution < -0.4 is 0 Å². The smallest absolute Gasteiger partial charge is 0.146 e. The summed E-state index contributed by atoms with van der Waals surface area (Å²) in [4.78, 5) is 0. The monoisotopic (exact) mass is 334 g/mol. The van der Waals surface area contributed by atoms with Crippen molar-refractivity contribution in [3.05, 3.63) is 33.8 Å². The van der Waals surface area contributed by atoms with Crippen LogP contribution in [0.15, 0.2) is 16.6 Å². The lowest BCUT2D eigenvalue weighted by molar-refractivity contribution is -0.0317. The van der Waals surface area contributed by atoms with Gasteiger partial charge in [-0.15, -0.1) is 0 Å². The molecule has 1 saturated carbocycles. The van der Waals surface area contributed by atoms with Crippen LogP contribution in [-0.4, -0.2) is 16.3 Å². The minimum Gasteiger partial charge on any atom is -0.390 e. The van der Waals surface area contributed by atoms with Gasteiger partial charge in [0.25, 0.3) is 0 Å². The first-order valence-electron chi connectivity index (χ1n) is 6.52. The maximum atomic E-state index is 13.9. The first-order chi connectivity index (χ1) is 9.02. The third kappa shape index (κ3) is 3.15. The Labute approximate surface area is 119 Å². The van der Waals surface area contributed by atoms with Crippen molar-refractivity contribution in [2.24, 2.45) is 5.92 Å². The zero-order valence-electron chi connectivity index (χ0n) is 10.5. The summed E-state index contributed by atoms with van der Waals surface area (Å²) < 4.78 is 27.6. The molecule has 1 aromatic carbocycles. The average molecular weight is 335 g/mol. The van der Waals surface area contributed by atoms with Gasteiger partial charge in [0.05, 0.1) is 16.1 Å². The molecule has 19 heavy (non-hydrogen) atoms. The lowest BCUT2D eigenvalue weighted by atomic mass is 9.82. The molecular formula is C14H17BrF2O2. The van der Waals surface area contributed by atoms with Crippen molar-refractivity contribution in [3.63, 3.8) is 0 Å². The normalized spacial score (nSPS) is 20.3. The second-order valence-electron chi connectivity index (χ2n) is 5.09. The highest BCUT2D eigenvalue weighted by molar-refractivity contribution is 9.10. The molecule has 2 atom stereocenters. The predicted octanol–water partition coefficient (Wildman–Crippen LogP) is 3.70. The number of rotatable bonds is 3. The molecule has 2 nitrogen and oxygen atoms in total. The lowest BCUT2D eigenvalue weighted by Gasteiger charge is -2.30. The van der Waals surface area contributed by atoms with E-state index in [1.54, 1.807) is 0 Å². The van der Waals surface area contributed by atoms with E-state index in [0.29, 0.717) is 0 Å². The zero-order chi connectivity index (χ0) is 14.0. The molecule has 0 spiro atoms. The van der Waals surface area contributed by atoms with Gasteiger partial charge in [-0.2, -0.15) is 0 Å². The predicted molar refractivity (Wildman–Crippen MR) is 71.6 cm³/mol. The van der Waals surface area contributed by atoms with Crippen LogP contribution in [0.4, 0.5) is 8.78 Å². The molecule has 0 saturated heterocycles. The van der Waals surface area contributed by atoms with Gasteiger partial charge < -0.3 is 10.2 Å². The number of hydrogen-bond acceptors (Lipinski definition) is 2. The molecule has 0 bridgehead atoms. The van der Waals surface area contributed by atoms with Crippen LogP contribution in [0.2, 0.25) is 0 Å². The van der Waals surface area contributed by atoms with Crippen LogP contribution in [0.5, 0.6) is 0 Å². The van der Waals surface area contributed by atoms with E-state index in [-0.39, 0.29) is 10.4 Å². The molecule has 1 aliphatic rings. The summed E-state index contributed by atoms with van der Waals surface area (Å²) in [5.74, 6) is -1.77. The molecule has 106 valence electrons. The molecule has 1 fully saturated rings. The van der Waals surface area contributed by atoms with E-state index >= 15 is 0 Å². The van der Waals surface area contributed by atoms with E-state index in [9.17, 15) is 19.0 Å². The fourth-order valence-electron chi connectivity index (χ4n) is 2.72. The SMILES string of the molecule is OC(c1c(F)ccc(Br)c1F)C(O)C1CCCCC1. The Morgan fingerprint density at radius 3 is 2.37 bits per heavy atom. The fraction of sp³-hybridized carbons (Fsp3) is 0.571. The molecule has 1 aliphatic carbocycles. The standard InChI is InChI=1S/C14H17BrF2O2/c15-9-6-7-10(16)11(12(9)17)14(19)13(18)8-4-2-1-3-5-8/h6-8,13-14,18-19H,1-5H2. The van der Waals surface area contributed by atoms with Gasteiger partial charge in [0.15, 0.2) is 0 Å². The Morgan fingerprint density at radius 2 is 1.74 bits per heavy atom. The van der Waals surface area contributed by atoms with Gasteiger partial charge in [-0.05, 0) is 46.8 Å². The highest BCUT2D eigenvalue weighted by atomic mass is 79.9. The van der Waals surface area contributed by atoms with E-state index in [1.807, 2.05) is 0 Å². The van der Waals surface area contributed by atoms with Crippen molar-refractivity contribution in [2.75, 3.05) is 0 Å². The second-order valence-corrected chi connectivity index (χ2v) is 5.94. The van der Waals surface area contributed by atoms with Crippen molar-refractivity contribution in [3.8, 4) is 0 Å². The van der Waals surface area contributed by atoms with Crippen molar-refractivity contribution in [1.29, 1.82) is 0 Å². The van der Waals surface area contributed by atoms with E-state index in [4.69, 9.17) is 0 Å². The van der Waals surface area contributed by atoms with E-state index < -0.39 is 29.4 Å². The number of benzene rings is 1. The van der Waals surface area contributed by atoms with Crippen LogP contribution in [0.25, 0.3) is 0 Å². The highest BCUT2D eigenvalue weighted by Crippen LogP contribution is 2.35. The van der Waals surface area contributed by atoms with E-state index in [1.165, 1.54) is 6.07 Å². The van der Waals surface area contributed by atoms with Crippen molar-refractivity contribution in [2.45, 2.75) is 44.3 Å². The van der Waals surface area contributed by atoms with Crippen LogP contribution in [-0.2, 0) is 0 Å². The van der Waals surface area contributed by atoms with E-state index in [0.717, 1.165) is 38.2 Å². The minimum absolute atomic E-state index is 0.0822. The molecule has 2 rings (SSSR count). The third-order valence-corrected chi connectivity index (χ3v) is 4.44. The zero-order valence-corrected chi connectivity index (χ0v) is 12.0. The summed E-state index contributed by atoms with van der Waals surface area (Å²) in [6.07, 6.45) is 2.00. The van der Waals surface area contributed by atoms with Crippen molar-refractivity contribution in [1.82, 2.24) is 0 Å². The van der Waals surface area contributed by atoms with Crippen LogP contribution >= 0.6 is 15.9 Å². The molecule has 0 amide bonds. The van der Waals surface area contributed by atoms with Gasteiger partial charge in [-0.3, -0.25) is 0 Å². The van der Waals surface area contributed by atoms with Gasteiger partial charge in [0, 0.05) is 0 Å². The molecule has 5 heteroatoms. The first kappa shape index (κ1) is 14.9. The van der Waals surface area contributed by atoms with Crippen molar-refractivity contribution >= 4 is 15.9 Å². The Kier molecular flexibility index (Phi) is 4.92. The second kappa shape index (κ2) is 6.29. The molecule has 0 radical (unpaired) electrons. The van der Waals surface area contributed by atoms with Gasteiger partial charge in [-0.25, -0.2) is 8.78 Å². The Morgan fingerprint density at radius 1 is 1.11 bits per heavy atom. The number of aliphatic hydroxyl groups excluding tert-OH is 2. The average Bonchev–Trinajstić information content (AvgIpc) is 2.43. The third-order valence-electron chi connectivity index (χ3n) is 3.83. The Balaban J connectivity index is 2.23. The van der Waals surface area contributed by atoms with Crippen LogP contribution in [0.1, 0.15) is 43.8 Å². The molecule has 2 N–H and O–H groups in total. The summed E-state index contributed by atoms with van der Waals surface area (Å²) in [7, 11) is 0. The maximum Gasteiger partial charge on any atom is 0.146 e.